The Balaban J connectivity index is 2.44. The summed E-state index contributed by atoms with van der Waals surface area (Å²) in [5.41, 5.74) is 0.652. The second kappa shape index (κ2) is 4.70. The zero-order valence-corrected chi connectivity index (χ0v) is 10.7. The number of aromatic nitrogens is 3. The number of para-hydroxylation sites is 1. The van der Waals surface area contributed by atoms with Crippen LogP contribution in [0.4, 0.5) is 0 Å². The maximum Gasteiger partial charge on any atom is 0.202 e. The SMILES string of the molecule is CNC(C)(C)C(=O)c1cnnn1-c1ccccc1. The summed E-state index contributed by atoms with van der Waals surface area (Å²) in [5, 5.41) is 10.8. The molecule has 2 aromatic rings. The number of nitrogens with zero attached hydrogens (tertiary/aromatic N) is 3. The van der Waals surface area contributed by atoms with Gasteiger partial charge in [-0.05, 0) is 33.0 Å². The molecule has 1 heterocycles. The van der Waals surface area contributed by atoms with Crippen molar-refractivity contribution >= 4 is 5.78 Å². The van der Waals surface area contributed by atoms with Crippen molar-refractivity contribution in [2.45, 2.75) is 19.4 Å². The van der Waals surface area contributed by atoms with Crippen molar-refractivity contribution in [1.29, 1.82) is 0 Å². The molecule has 1 aromatic carbocycles. The molecule has 0 amide bonds. The molecule has 0 unspecified atom stereocenters. The highest BCUT2D eigenvalue weighted by molar-refractivity contribution is 6.01. The predicted molar refractivity (Wildman–Crippen MR) is 68.8 cm³/mol. The quantitative estimate of drug-likeness (QED) is 0.827. The topological polar surface area (TPSA) is 59.8 Å². The van der Waals surface area contributed by atoms with Gasteiger partial charge >= 0.3 is 0 Å². The molecule has 18 heavy (non-hydrogen) atoms. The minimum absolute atomic E-state index is 0.0427. The standard InChI is InChI=1S/C13H16N4O/c1-13(2,14-3)12(18)11-9-15-16-17(11)10-7-5-4-6-8-10/h4-9,14H,1-3H3. The van der Waals surface area contributed by atoms with Crippen LogP contribution >= 0.6 is 0 Å². The van der Waals surface area contributed by atoms with E-state index in [9.17, 15) is 4.79 Å². The lowest BCUT2D eigenvalue weighted by Crippen LogP contribution is -2.45. The molecule has 0 radical (unpaired) electrons. The van der Waals surface area contributed by atoms with Gasteiger partial charge in [0.05, 0.1) is 17.4 Å². The van der Waals surface area contributed by atoms with Crippen molar-refractivity contribution in [2.75, 3.05) is 7.05 Å². The fraction of sp³-hybridized carbons (Fsp3) is 0.308. The largest absolute Gasteiger partial charge is 0.308 e. The molecule has 0 aliphatic carbocycles. The average Bonchev–Trinajstić information content (AvgIpc) is 2.87. The molecular formula is C13H16N4O. The van der Waals surface area contributed by atoms with E-state index < -0.39 is 5.54 Å². The predicted octanol–water partition coefficient (Wildman–Crippen LogP) is 1.45. The van der Waals surface area contributed by atoms with Crippen LogP contribution in [-0.2, 0) is 0 Å². The molecule has 1 aromatic heterocycles. The van der Waals surface area contributed by atoms with Gasteiger partial charge in [0, 0.05) is 0 Å². The third kappa shape index (κ3) is 2.17. The van der Waals surface area contributed by atoms with Gasteiger partial charge in [-0.2, -0.15) is 0 Å². The molecule has 1 N–H and O–H groups in total. The van der Waals surface area contributed by atoms with Crippen molar-refractivity contribution in [1.82, 2.24) is 20.3 Å². The van der Waals surface area contributed by atoms with E-state index in [2.05, 4.69) is 15.6 Å². The lowest BCUT2D eigenvalue weighted by atomic mass is 9.97. The van der Waals surface area contributed by atoms with Crippen LogP contribution in [0.15, 0.2) is 36.5 Å². The molecule has 0 aliphatic rings. The number of Topliss-reactive ketones (excluding diaryl/α,β-unsaturated/α-hetero) is 1. The van der Waals surface area contributed by atoms with E-state index in [1.807, 2.05) is 44.2 Å². The summed E-state index contributed by atoms with van der Waals surface area (Å²) in [6.45, 7) is 3.66. The molecular weight excluding hydrogens is 228 g/mol. The van der Waals surface area contributed by atoms with Gasteiger partial charge in [0.25, 0.3) is 0 Å². The van der Waals surface area contributed by atoms with Gasteiger partial charge in [-0.1, -0.05) is 23.4 Å². The fourth-order valence-electron chi connectivity index (χ4n) is 1.58. The summed E-state index contributed by atoms with van der Waals surface area (Å²) in [5.74, 6) is -0.0427. The second-order valence-corrected chi connectivity index (χ2v) is 4.57. The number of carbonyl (C=O) groups is 1. The van der Waals surface area contributed by atoms with Crippen LogP contribution in [0, 0.1) is 0 Å². The summed E-state index contributed by atoms with van der Waals surface area (Å²) in [6, 6.07) is 9.48. The fourth-order valence-corrected chi connectivity index (χ4v) is 1.58. The number of benzene rings is 1. The first-order chi connectivity index (χ1) is 8.56. The minimum atomic E-state index is -0.645. The third-order valence-corrected chi connectivity index (χ3v) is 2.98. The first-order valence-corrected chi connectivity index (χ1v) is 5.76. The maximum atomic E-state index is 12.4. The van der Waals surface area contributed by atoms with Gasteiger partial charge in [-0.15, -0.1) is 5.10 Å². The Morgan fingerprint density at radius 2 is 1.94 bits per heavy atom. The van der Waals surface area contributed by atoms with E-state index >= 15 is 0 Å². The van der Waals surface area contributed by atoms with Gasteiger partial charge in [-0.25, -0.2) is 4.68 Å². The van der Waals surface area contributed by atoms with Crippen LogP contribution in [0.5, 0.6) is 0 Å². The summed E-state index contributed by atoms with van der Waals surface area (Å²) >= 11 is 0. The normalized spacial score (nSPS) is 11.5. The lowest BCUT2D eigenvalue weighted by molar-refractivity contribution is 0.0881. The number of hydrogen-bond acceptors (Lipinski definition) is 4. The molecule has 0 saturated carbocycles. The van der Waals surface area contributed by atoms with Crippen LogP contribution in [0.1, 0.15) is 24.3 Å². The van der Waals surface area contributed by atoms with Gasteiger partial charge in [0.1, 0.15) is 5.69 Å². The van der Waals surface area contributed by atoms with Crippen molar-refractivity contribution in [3.05, 3.63) is 42.2 Å². The number of likely N-dealkylation sites (N-methyl/N-ethyl adjacent to an activating group) is 1. The van der Waals surface area contributed by atoms with Crippen LogP contribution in [0.25, 0.3) is 5.69 Å². The second-order valence-electron chi connectivity index (χ2n) is 4.57. The van der Waals surface area contributed by atoms with Crippen LogP contribution in [0.2, 0.25) is 0 Å². The Kier molecular flexibility index (Phi) is 3.25. The van der Waals surface area contributed by atoms with E-state index in [-0.39, 0.29) is 5.78 Å². The van der Waals surface area contributed by atoms with Crippen LogP contribution in [0.3, 0.4) is 0 Å². The zero-order valence-electron chi connectivity index (χ0n) is 10.7. The summed E-state index contributed by atoms with van der Waals surface area (Å²) in [7, 11) is 1.76. The molecule has 5 heteroatoms. The van der Waals surface area contributed by atoms with Crippen molar-refractivity contribution in [3.8, 4) is 5.69 Å². The van der Waals surface area contributed by atoms with Gasteiger partial charge in [0.15, 0.2) is 0 Å². The number of nitrogens with one attached hydrogen (secondary N) is 1. The van der Waals surface area contributed by atoms with E-state index in [4.69, 9.17) is 0 Å². The first-order valence-electron chi connectivity index (χ1n) is 5.76. The Bertz CT molecular complexity index is 545. The maximum absolute atomic E-state index is 12.4. The molecule has 0 aliphatic heterocycles. The Morgan fingerprint density at radius 1 is 1.28 bits per heavy atom. The number of rotatable bonds is 4. The van der Waals surface area contributed by atoms with Crippen LogP contribution in [-0.4, -0.2) is 33.4 Å². The highest BCUT2D eigenvalue weighted by atomic mass is 16.1. The van der Waals surface area contributed by atoms with Crippen molar-refractivity contribution in [3.63, 3.8) is 0 Å². The lowest BCUT2D eigenvalue weighted by Gasteiger charge is -2.22. The number of hydrogen-bond donors (Lipinski definition) is 1. The number of ketones is 1. The highest BCUT2D eigenvalue weighted by Gasteiger charge is 2.29. The molecule has 94 valence electrons. The van der Waals surface area contributed by atoms with E-state index in [0.29, 0.717) is 5.69 Å². The molecule has 5 nitrogen and oxygen atoms in total. The number of carbonyl (C=O) groups excluding carboxylic acids is 1. The first kappa shape index (κ1) is 12.4. The van der Waals surface area contributed by atoms with E-state index in [0.717, 1.165) is 5.69 Å². The van der Waals surface area contributed by atoms with Crippen molar-refractivity contribution < 1.29 is 4.79 Å². The zero-order chi connectivity index (χ0) is 13.2. The Morgan fingerprint density at radius 3 is 2.56 bits per heavy atom. The smallest absolute Gasteiger partial charge is 0.202 e. The molecule has 2 rings (SSSR count). The van der Waals surface area contributed by atoms with E-state index in [1.165, 1.54) is 6.20 Å². The van der Waals surface area contributed by atoms with E-state index in [1.54, 1.807) is 11.7 Å². The van der Waals surface area contributed by atoms with Gasteiger partial charge in [-0.3, -0.25) is 4.79 Å². The van der Waals surface area contributed by atoms with Crippen LogP contribution < -0.4 is 5.32 Å². The van der Waals surface area contributed by atoms with Gasteiger partial charge < -0.3 is 5.32 Å². The highest BCUT2D eigenvalue weighted by Crippen LogP contribution is 2.15. The summed E-state index contributed by atoms with van der Waals surface area (Å²) in [4.78, 5) is 12.4. The Labute approximate surface area is 106 Å². The molecule has 0 fully saturated rings. The average molecular weight is 244 g/mol. The monoisotopic (exact) mass is 244 g/mol. The minimum Gasteiger partial charge on any atom is -0.308 e. The third-order valence-electron chi connectivity index (χ3n) is 2.98. The molecule has 0 bridgehead atoms. The molecule has 0 saturated heterocycles. The van der Waals surface area contributed by atoms with Crippen molar-refractivity contribution in [2.24, 2.45) is 0 Å². The summed E-state index contributed by atoms with van der Waals surface area (Å²) < 4.78 is 1.56. The molecule has 0 atom stereocenters. The van der Waals surface area contributed by atoms with Gasteiger partial charge in [0.2, 0.25) is 5.78 Å². The summed E-state index contributed by atoms with van der Waals surface area (Å²) in [6.07, 6.45) is 1.49. The molecule has 0 spiro atoms. The Hall–Kier alpha value is -2.01.